The molecule has 1 rings (SSSR count). The number of hydrogen-bond acceptors (Lipinski definition) is 3. The minimum Gasteiger partial charge on any atom is -0.391 e. The fourth-order valence-electron chi connectivity index (χ4n) is 2.12. The van der Waals surface area contributed by atoms with Crippen molar-refractivity contribution in [1.82, 2.24) is 0 Å². The van der Waals surface area contributed by atoms with Crippen LogP contribution in [-0.4, -0.2) is 27.7 Å². The Morgan fingerprint density at radius 1 is 1.10 bits per heavy atom. The molecule has 0 heterocycles. The molecule has 21 heavy (non-hydrogen) atoms. The van der Waals surface area contributed by atoms with Crippen molar-refractivity contribution < 1.29 is 9.32 Å². The molecule has 1 N–H and O–H groups in total. The fourth-order valence-corrected chi connectivity index (χ4v) is 4.43. The van der Waals surface area contributed by atoms with Crippen LogP contribution >= 0.6 is 0 Å². The third-order valence-electron chi connectivity index (χ3n) is 3.43. The molecule has 0 aliphatic rings. The molecule has 0 spiro atoms. The second-order valence-corrected chi connectivity index (χ2v) is 8.41. The summed E-state index contributed by atoms with van der Waals surface area (Å²) in [5, 5.41) is 10.0. The van der Waals surface area contributed by atoms with Crippen molar-refractivity contribution in [3.63, 3.8) is 0 Å². The first-order valence-electron chi connectivity index (χ1n) is 7.38. The summed E-state index contributed by atoms with van der Waals surface area (Å²) in [6.45, 7) is 7.98. The van der Waals surface area contributed by atoms with Crippen LogP contribution in [0.4, 0.5) is 0 Å². The number of benzene rings is 1. The highest BCUT2D eigenvalue weighted by Gasteiger charge is 2.31. The van der Waals surface area contributed by atoms with Gasteiger partial charge in [0.05, 0.1) is 21.1 Å². The van der Waals surface area contributed by atoms with Gasteiger partial charge in [0, 0.05) is 11.9 Å². The van der Waals surface area contributed by atoms with Crippen LogP contribution in [0, 0.1) is 11.8 Å². The van der Waals surface area contributed by atoms with E-state index in [2.05, 4.69) is 18.2 Å². The summed E-state index contributed by atoms with van der Waals surface area (Å²) in [6, 6.07) is 9.23. The molecule has 1 aromatic carbocycles. The van der Waals surface area contributed by atoms with E-state index in [1.165, 1.54) is 0 Å². The Morgan fingerprint density at radius 2 is 1.67 bits per heavy atom. The molecule has 0 aliphatic carbocycles. The topological polar surface area (TPSA) is 49.7 Å². The minimum atomic E-state index is -2.70. The summed E-state index contributed by atoms with van der Waals surface area (Å²) >= 11 is 0. The van der Waals surface area contributed by atoms with Gasteiger partial charge in [-0.3, -0.25) is 0 Å². The molecule has 118 valence electrons. The first-order chi connectivity index (χ1) is 9.82. The fraction of sp³-hybridized carbons (Fsp3) is 0.529. The van der Waals surface area contributed by atoms with Gasteiger partial charge >= 0.3 is 0 Å². The number of rotatable bonds is 6. The Balaban J connectivity index is 3.38. The van der Waals surface area contributed by atoms with Gasteiger partial charge in [0.25, 0.3) is 0 Å². The van der Waals surface area contributed by atoms with Crippen molar-refractivity contribution in [3.05, 3.63) is 42.5 Å². The normalized spacial score (nSPS) is 17.9. The number of nitrogens with zero attached hydrogens (tertiary/aromatic N) is 1. The van der Waals surface area contributed by atoms with E-state index < -0.39 is 21.1 Å². The molecular formula is C17H27NO2S. The highest BCUT2D eigenvalue weighted by molar-refractivity contribution is 7.94. The first kappa shape index (κ1) is 17.9. The summed E-state index contributed by atoms with van der Waals surface area (Å²) < 4.78 is 17.6. The third kappa shape index (κ3) is 4.42. The number of hydrogen-bond donors (Lipinski definition) is 1. The van der Waals surface area contributed by atoms with Gasteiger partial charge in [-0.2, -0.15) is 0 Å². The molecule has 0 saturated heterocycles. The Kier molecular flexibility index (Phi) is 6.62. The molecule has 0 bridgehead atoms. The van der Waals surface area contributed by atoms with E-state index in [1.54, 1.807) is 7.05 Å². The van der Waals surface area contributed by atoms with E-state index in [-0.39, 0.29) is 5.92 Å². The molecule has 1 aromatic rings. The van der Waals surface area contributed by atoms with Crippen LogP contribution in [0.15, 0.2) is 51.7 Å². The van der Waals surface area contributed by atoms with Crippen molar-refractivity contribution in [2.45, 2.75) is 43.9 Å². The van der Waals surface area contributed by atoms with Gasteiger partial charge < -0.3 is 5.11 Å². The zero-order valence-corrected chi connectivity index (χ0v) is 14.4. The molecule has 3 nitrogen and oxygen atoms in total. The van der Waals surface area contributed by atoms with Gasteiger partial charge in [-0.25, -0.2) is 8.57 Å². The lowest BCUT2D eigenvalue weighted by Gasteiger charge is -2.26. The van der Waals surface area contributed by atoms with E-state index in [0.29, 0.717) is 10.8 Å². The number of allylic oxidation sites excluding steroid dienone is 1. The lowest BCUT2D eigenvalue weighted by molar-refractivity contribution is 0.131. The Morgan fingerprint density at radius 3 is 2.10 bits per heavy atom. The largest absolute Gasteiger partial charge is 0.391 e. The molecule has 0 aliphatic heterocycles. The van der Waals surface area contributed by atoms with Crippen LogP contribution in [0.1, 0.15) is 27.7 Å². The minimum absolute atomic E-state index is 0.0121. The van der Waals surface area contributed by atoms with Crippen LogP contribution in [0.5, 0.6) is 0 Å². The second-order valence-electron chi connectivity index (χ2n) is 5.89. The monoisotopic (exact) mass is 309 g/mol. The second kappa shape index (κ2) is 7.76. The molecule has 0 amide bonds. The zero-order chi connectivity index (χ0) is 16.0. The van der Waals surface area contributed by atoms with E-state index in [0.717, 1.165) is 0 Å². The lowest BCUT2D eigenvalue weighted by atomic mass is 10.0. The maximum Gasteiger partial charge on any atom is 0.0916 e. The highest BCUT2D eigenvalue weighted by Crippen LogP contribution is 2.25. The zero-order valence-electron chi connectivity index (χ0n) is 13.6. The van der Waals surface area contributed by atoms with Crippen LogP contribution in [0.25, 0.3) is 0 Å². The van der Waals surface area contributed by atoms with Gasteiger partial charge in [-0.05, 0) is 24.0 Å². The van der Waals surface area contributed by atoms with Crippen LogP contribution in [-0.2, 0) is 9.73 Å². The summed E-state index contributed by atoms with van der Waals surface area (Å²) in [5.74, 6) is 0.348. The predicted octanol–water partition coefficient (Wildman–Crippen LogP) is 3.74. The van der Waals surface area contributed by atoms with Gasteiger partial charge in [0.1, 0.15) is 0 Å². The number of aliphatic hydroxyl groups is 1. The van der Waals surface area contributed by atoms with Gasteiger partial charge in [-0.1, -0.05) is 58.0 Å². The third-order valence-corrected chi connectivity index (χ3v) is 6.09. The molecule has 0 saturated carbocycles. The van der Waals surface area contributed by atoms with Crippen molar-refractivity contribution in [1.29, 1.82) is 0 Å². The van der Waals surface area contributed by atoms with Crippen LogP contribution < -0.4 is 0 Å². The van der Waals surface area contributed by atoms with Crippen LogP contribution in [0.2, 0.25) is 0 Å². The Hall–Kier alpha value is -1.13. The molecule has 0 radical (unpaired) electrons. The van der Waals surface area contributed by atoms with E-state index in [1.807, 2.05) is 56.3 Å². The van der Waals surface area contributed by atoms with Crippen LogP contribution in [0.3, 0.4) is 0 Å². The number of aliphatic hydroxyl groups excluding tert-OH is 1. The summed E-state index contributed by atoms with van der Waals surface area (Å²) in [5.41, 5.74) is 0. The van der Waals surface area contributed by atoms with Crippen molar-refractivity contribution in [3.8, 4) is 0 Å². The summed E-state index contributed by atoms with van der Waals surface area (Å²) in [6.07, 6.45) is 3.17. The molecule has 3 atom stereocenters. The highest BCUT2D eigenvalue weighted by atomic mass is 32.2. The van der Waals surface area contributed by atoms with Crippen molar-refractivity contribution in [2.75, 3.05) is 7.05 Å². The average molecular weight is 309 g/mol. The quantitative estimate of drug-likeness (QED) is 0.814. The van der Waals surface area contributed by atoms with Crippen molar-refractivity contribution in [2.24, 2.45) is 16.2 Å². The van der Waals surface area contributed by atoms with E-state index >= 15 is 0 Å². The standard InChI is InChI=1S/C17H27NO2S/c1-13(2)11-12-16(17(19)14(3)4)21(20,18-5)15-9-7-6-8-10-15/h6-14,16-17,19H,1-5H3/b12-11+/t16-,17-,21?/m1/s1. The van der Waals surface area contributed by atoms with Gasteiger partial charge in [0.15, 0.2) is 0 Å². The lowest BCUT2D eigenvalue weighted by Crippen LogP contribution is -2.36. The predicted molar refractivity (Wildman–Crippen MR) is 89.8 cm³/mol. The first-order valence-corrected chi connectivity index (χ1v) is 8.96. The van der Waals surface area contributed by atoms with E-state index in [9.17, 15) is 9.32 Å². The molecule has 4 heteroatoms. The summed E-state index contributed by atoms with van der Waals surface area (Å²) in [7, 11) is -1.13. The van der Waals surface area contributed by atoms with E-state index in [4.69, 9.17) is 0 Å². The Bertz CT molecular complexity index is 570. The molecule has 0 fully saturated rings. The smallest absolute Gasteiger partial charge is 0.0916 e. The van der Waals surface area contributed by atoms with Crippen molar-refractivity contribution >= 4 is 9.73 Å². The molecule has 1 unspecified atom stereocenters. The SMILES string of the molecule is CN=S(=O)(c1ccccc1)[C@H](/C=C/C(C)C)[C@H](O)C(C)C. The summed E-state index contributed by atoms with van der Waals surface area (Å²) in [4.78, 5) is 0.672. The molecule has 0 aromatic heterocycles. The maximum absolute atomic E-state index is 13.4. The average Bonchev–Trinajstić information content (AvgIpc) is 2.47. The maximum atomic E-state index is 13.4. The van der Waals surface area contributed by atoms with Gasteiger partial charge in [-0.15, -0.1) is 0 Å². The van der Waals surface area contributed by atoms with Gasteiger partial charge in [0.2, 0.25) is 0 Å². The molecular weight excluding hydrogens is 282 g/mol. The Labute approximate surface area is 129 Å².